The summed E-state index contributed by atoms with van der Waals surface area (Å²) in [5.41, 5.74) is -2.32. The molecule has 1 aromatic carbocycles. The summed E-state index contributed by atoms with van der Waals surface area (Å²) in [6.45, 7) is 2.20. The summed E-state index contributed by atoms with van der Waals surface area (Å²) in [6.07, 6.45) is -4.56. The number of carboxylic acid groups (broad SMARTS) is 1. The number of benzene rings is 1. The Morgan fingerprint density at radius 1 is 1.24 bits per heavy atom. The molecule has 0 aromatic heterocycles. The van der Waals surface area contributed by atoms with Gasteiger partial charge >= 0.3 is 18.2 Å². The fraction of sp³-hybridized carbons (Fsp3) is 0.385. The van der Waals surface area contributed by atoms with Crippen LogP contribution in [0.1, 0.15) is 19.4 Å². The maximum absolute atomic E-state index is 12.8. The van der Waals surface area contributed by atoms with Crippen LogP contribution in [-0.2, 0) is 11.2 Å². The highest BCUT2D eigenvalue weighted by Crippen LogP contribution is 2.30. The van der Waals surface area contributed by atoms with Crippen LogP contribution in [-0.4, -0.2) is 28.8 Å². The molecule has 0 fully saturated rings. The topological polar surface area (TPSA) is 78.4 Å². The van der Waals surface area contributed by atoms with Crippen molar-refractivity contribution >= 4 is 17.7 Å². The van der Waals surface area contributed by atoms with Crippen molar-refractivity contribution in [2.24, 2.45) is 0 Å². The van der Waals surface area contributed by atoms with Crippen molar-refractivity contribution in [3.05, 3.63) is 29.8 Å². The van der Waals surface area contributed by atoms with Crippen LogP contribution in [0.25, 0.3) is 0 Å². The zero-order valence-corrected chi connectivity index (χ0v) is 11.4. The number of halogens is 3. The average molecular weight is 304 g/mol. The lowest BCUT2D eigenvalue weighted by Crippen LogP contribution is -2.62. The van der Waals surface area contributed by atoms with Crippen LogP contribution in [0.2, 0.25) is 0 Å². The zero-order valence-electron chi connectivity index (χ0n) is 11.4. The number of urea groups is 1. The molecule has 1 unspecified atom stereocenters. The lowest BCUT2D eigenvalue weighted by molar-refractivity contribution is -0.203. The quantitative estimate of drug-likeness (QED) is 0.800. The van der Waals surface area contributed by atoms with E-state index in [9.17, 15) is 22.8 Å². The highest BCUT2D eigenvalue weighted by atomic mass is 19.4. The van der Waals surface area contributed by atoms with Gasteiger partial charge in [-0.15, -0.1) is 0 Å². The minimum absolute atomic E-state index is 0.326. The van der Waals surface area contributed by atoms with Crippen LogP contribution < -0.4 is 10.6 Å². The van der Waals surface area contributed by atoms with Crippen molar-refractivity contribution in [3.8, 4) is 0 Å². The summed E-state index contributed by atoms with van der Waals surface area (Å²) in [5.74, 6) is -2.19. The molecule has 1 aromatic rings. The molecule has 1 rings (SSSR count). The Bertz CT molecular complexity index is 546. The summed E-state index contributed by atoms with van der Waals surface area (Å²) in [6, 6.07) is 5.31. The highest BCUT2D eigenvalue weighted by Gasteiger charge is 2.58. The normalized spacial score (nSPS) is 14.1. The number of aryl methyl sites for hydroxylation is 1. The zero-order chi connectivity index (χ0) is 16.3. The molecule has 1 atom stereocenters. The molecular weight excluding hydrogens is 289 g/mol. The summed E-state index contributed by atoms with van der Waals surface area (Å²) >= 11 is 0. The van der Waals surface area contributed by atoms with E-state index in [0.717, 1.165) is 5.56 Å². The average Bonchev–Trinajstić information content (AvgIpc) is 2.37. The molecule has 2 amide bonds. The van der Waals surface area contributed by atoms with Gasteiger partial charge in [-0.05, 0) is 25.0 Å². The number of carbonyl (C=O) groups excluding carboxylic acids is 1. The molecule has 8 heteroatoms. The van der Waals surface area contributed by atoms with Crippen LogP contribution >= 0.6 is 0 Å². The van der Waals surface area contributed by atoms with Crippen molar-refractivity contribution in [1.82, 2.24) is 5.32 Å². The summed E-state index contributed by atoms with van der Waals surface area (Å²) in [4.78, 5) is 22.5. The number of carboxylic acids is 1. The molecule has 0 heterocycles. The number of anilines is 1. The molecule has 5 nitrogen and oxygen atoms in total. The van der Waals surface area contributed by atoms with Crippen molar-refractivity contribution in [2.75, 3.05) is 5.32 Å². The number of nitrogens with one attached hydrogen (secondary N) is 2. The summed E-state index contributed by atoms with van der Waals surface area (Å²) in [5, 5.41) is 12.4. The third-order valence-electron chi connectivity index (χ3n) is 3.00. The Balaban J connectivity index is 2.92. The van der Waals surface area contributed by atoms with Crippen molar-refractivity contribution in [1.29, 1.82) is 0 Å². The van der Waals surface area contributed by atoms with E-state index in [1.165, 1.54) is 11.4 Å². The van der Waals surface area contributed by atoms with Gasteiger partial charge in [0.25, 0.3) is 0 Å². The first-order chi connectivity index (χ1) is 9.61. The molecule has 0 aliphatic carbocycles. The molecule has 0 aliphatic rings. The van der Waals surface area contributed by atoms with E-state index in [4.69, 9.17) is 5.11 Å². The molecular formula is C13H15F3N2O3. The van der Waals surface area contributed by atoms with E-state index in [2.05, 4.69) is 5.32 Å². The number of aliphatic carboxylic acids is 1. The monoisotopic (exact) mass is 304 g/mol. The van der Waals surface area contributed by atoms with E-state index in [1.54, 1.807) is 18.2 Å². The summed E-state index contributed by atoms with van der Waals surface area (Å²) < 4.78 is 38.3. The van der Waals surface area contributed by atoms with E-state index in [-0.39, 0.29) is 0 Å². The smallest absolute Gasteiger partial charge is 0.422 e. The van der Waals surface area contributed by atoms with Gasteiger partial charge < -0.3 is 15.7 Å². The fourth-order valence-corrected chi connectivity index (χ4v) is 1.58. The lowest BCUT2D eigenvalue weighted by atomic mass is 10.0. The Labute approximate surface area is 119 Å². The predicted molar refractivity (Wildman–Crippen MR) is 70.1 cm³/mol. The fourth-order valence-electron chi connectivity index (χ4n) is 1.58. The number of rotatable bonds is 4. The van der Waals surface area contributed by atoms with Gasteiger partial charge in [0.15, 0.2) is 0 Å². The number of hydrogen-bond donors (Lipinski definition) is 3. The van der Waals surface area contributed by atoms with E-state index >= 15 is 0 Å². The van der Waals surface area contributed by atoms with Crippen molar-refractivity contribution in [3.63, 3.8) is 0 Å². The third-order valence-corrected chi connectivity index (χ3v) is 3.00. The number of amides is 2. The Morgan fingerprint density at radius 2 is 1.81 bits per heavy atom. The maximum atomic E-state index is 12.8. The van der Waals surface area contributed by atoms with Gasteiger partial charge in [0.05, 0.1) is 0 Å². The second-order valence-corrected chi connectivity index (χ2v) is 4.52. The minimum Gasteiger partial charge on any atom is -0.479 e. The second-order valence-electron chi connectivity index (χ2n) is 4.52. The SMILES string of the molecule is CCc1ccccc1NC(=O)NC(C)(C(=O)O)C(F)(F)F. The largest absolute Gasteiger partial charge is 0.479 e. The van der Waals surface area contributed by atoms with Crippen molar-refractivity contribution in [2.45, 2.75) is 32.0 Å². The van der Waals surface area contributed by atoms with Crippen LogP contribution in [0.15, 0.2) is 24.3 Å². The van der Waals surface area contributed by atoms with Gasteiger partial charge in [-0.25, -0.2) is 9.59 Å². The maximum Gasteiger partial charge on any atom is 0.422 e. The van der Waals surface area contributed by atoms with Gasteiger partial charge in [-0.3, -0.25) is 0 Å². The molecule has 0 saturated heterocycles. The first-order valence-electron chi connectivity index (χ1n) is 6.09. The number of hydrogen-bond acceptors (Lipinski definition) is 2. The second kappa shape index (κ2) is 6.02. The Morgan fingerprint density at radius 3 is 2.29 bits per heavy atom. The number of carbonyl (C=O) groups is 2. The van der Waals surface area contributed by atoms with E-state index in [1.807, 2.05) is 6.92 Å². The molecule has 21 heavy (non-hydrogen) atoms. The van der Waals surface area contributed by atoms with Gasteiger partial charge in [0.2, 0.25) is 5.54 Å². The molecule has 3 N–H and O–H groups in total. The van der Waals surface area contributed by atoms with Crippen molar-refractivity contribution < 1.29 is 27.9 Å². The Hall–Kier alpha value is -2.25. The number of para-hydroxylation sites is 1. The van der Waals surface area contributed by atoms with Crippen LogP contribution in [0, 0.1) is 0 Å². The molecule has 0 bridgehead atoms. The van der Waals surface area contributed by atoms with Crippen LogP contribution in [0.3, 0.4) is 0 Å². The first kappa shape index (κ1) is 16.8. The predicted octanol–water partition coefficient (Wildman–Crippen LogP) is 2.78. The standard InChI is InChI=1S/C13H15F3N2O3/c1-3-8-6-4-5-7-9(8)17-11(21)18-12(2,10(19)20)13(14,15)16/h4-7H,3H2,1-2H3,(H,19,20)(H2,17,18,21). The van der Waals surface area contributed by atoms with Gasteiger partial charge in [-0.1, -0.05) is 25.1 Å². The molecule has 0 spiro atoms. The summed E-state index contributed by atoms with van der Waals surface area (Å²) in [7, 11) is 0. The first-order valence-corrected chi connectivity index (χ1v) is 6.09. The molecule has 0 saturated carbocycles. The van der Waals surface area contributed by atoms with Gasteiger partial charge in [-0.2, -0.15) is 13.2 Å². The van der Waals surface area contributed by atoms with Crippen LogP contribution in [0.5, 0.6) is 0 Å². The third kappa shape index (κ3) is 3.65. The highest BCUT2D eigenvalue weighted by molar-refractivity contribution is 5.94. The van der Waals surface area contributed by atoms with Crippen LogP contribution in [0.4, 0.5) is 23.7 Å². The lowest BCUT2D eigenvalue weighted by Gasteiger charge is -2.28. The molecule has 0 aliphatic heterocycles. The molecule has 0 radical (unpaired) electrons. The van der Waals surface area contributed by atoms with Gasteiger partial charge in [0, 0.05) is 5.69 Å². The number of alkyl halides is 3. The Kier molecular flexibility index (Phi) is 4.82. The molecule has 116 valence electrons. The minimum atomic E-state index is -5.12. The van der Waals surface area contributed by atoms with Gasteiger partial charge in [0.1, 0.15) is 0 Å². The van der Waals surface area contributed by atoms with E-state index in [0.29, 0.717) is 19.0 Å². The van der Waals surface area contributed by atoms with E-state index < -0.39 is 23.7 Å².